The van der Waals surface area contributed by atoms with Crippen LogP contribution < -0.4 is 5.73 Å². The van der Waals surface area contributed by atoms with Crippen LogP contribution in [0, 0.1) is 0 Å². The lowest BCUT2D eigenvalue weighted by molar-refractivity contribution is 0.0521. The zero-order valence-electron chi connectivity index (χ0n) is 11.6. The Morgan fingerprint density at radius 1 is 1.33 bits per heavy atom. The normalized spacial score (nSPS) is 25.9. The minimum Gasteiger partial charge on any atom is -0.326 e. The van der Waals surface area contributed by atoms with Crippen molar-refractivity contribution in [2.24, 2.45) is 5.73 Å². The van der Waals surface area contributed by atoms with Crippen molar-refractivity contribution in [3.05, 3.63) is 30.1 Å². The molecule has 2 N–H and O–H groups in total. The first kappa shape index (κ1) is 13.5. The number of likely N-dealkylation sites (N-methyl/N-ethyl adjacent to an activating group) is 1. The van der Waals surface area contributed by atoms with Crippen LogP contribution in [0.5, 0.6) is 0 Å². The quantitative estimate of drug-likeness (QED) is 0.870. The van der Waals surface area contributed by atoms with Gasteiger partial charge in [0.2, 0.25) is 0 Å². The third kappa shape index (κ3) is 2.88. The van der Waals surface area contributed by atoms with E-state index in [9.17, 15) is 0 Å². The topological polar surface area (TPSA) is 45.4 Å². The van der Waals surface area contributed by atoms with E-state index in [1.807, 2.05) is 12.4 Å². The largest absolute Gasteiger partial charge is 0.326 e. The molecular weight excluding hydrogens is 224 g/mol. The molecule has 0 saturated carbocycles. The number of pyridine rings is 1. The van der Waals surface area contributed by atoms with Gasteiger partial charge in [-0.05, 0) is 38.6 Å². The van der Waals surface area contributed by atoms with Gasteiger partial charge >= 0.3 is 0 Å². The Kier molecular flexibility index (Phi) is 4.32. The first-order valence-electron chi connectivity index (χ1n) is 6.69. The highest BCUT2D eigenvalue weighted by atomic mass is 15.3. The highest BCUT2D eigenvalue weighted by molar-refractivity contribution is 5.17. The van der Waals surface area contributed by atoms with Crippen molar-refractivity contribution in [1.29, 1.82) is 0 Å². The number of aromatic nitrogens is 1. The third-order valence-electron chi connectivity index (χ3n) is 3.78. The van der Waals surface area contributed by atoms with Crippen LogP contribution in [0.2, 0.25) is 0 Å². The van der Waals surface area contributed by atoms with E-state index < -0.39 is 0 Å². The Morgan fingerprint density at radius 3 is 2.56 bits per heavy atom. The van der Waals surface area contributed by atoms with Crippen molar-refractivity contribution in [3.63, 3.8) is 0 Å². The molecule has 4 heteroatoms. The van der Waals surface area contributed by atoms with Crippen LogP contribution >= 0.6 is 0 Å². The Morgan fingerprint density at radius 2 is 2.00 bits per heavy atom. The van der Waals surface area contributed by atoms with Gasteiger partial charge in [0.05, 0.1) is 6.04 Å². The van der Waals surface area contributed by atoms with E-state index in [1.165, 1.54) is 5.56 Å². The molecule has 1 aliphatic heterocycles. The maximum Gasteiger partial charge on any atom is 0.0501 e. The summed E-state index contributed by atoms with van der Waals surface area (Å²) in [6, 6.07) is 5.11. The molecule has 18 heavy (non-hydrogen) atoms. The van der Waals surface area contributed by atoms with Gasteiger partial charge in [0.25, 0.3) is 0 Å². The van der Waals surface area contributed by atoms with Crippen LogP contribution in [0.25, 0.3) is 0 Å². The fraction of sp³-hybridized carbons (Fsp3) is 0.643. The first-order chi connectivity index (χ1) is 8.59. The highest BCUT2D eigenvalue weighted by Gasteiger charge is 2.31. The molecule has 3 unspecified atom stereocenters. The van der Waals surface area contributed by atoms with E-state index in [0.29, 0.717) is 6.04 Å². The summed E-state index contributed by atoms with van der Waals surface area (Å²) in [5, 5.41) is 0. The molecule has 4 nitrogen and oxygen atoms in total. The molecule has 2 heterocycles. The minimum absolute atomic E-state index is 0.123. The molecule has 3 atom stereocenters. The SMILES string of the molecule is CC(N)C(c1ccncc1)N1CCN(C)CC1C. The average molecular weight is 248 g/mol. The lowest BCUT2D eigenvalue weighted by Crippen LogP contribution is -2.54. The summed E-state index contributed by atoms with van der Waals surface area (Å²) < 4.78 is 0. The number of hydrogen-bond donors (Lipinski definition) is 1. The second-order valence-electron chi connectivity index (χ2n) is 5.43. The molecule has 0 radical (unpaired) electrons. The van der Waals surface area contributed by atoms with E-state index in [4.69, 9.17) is 5.73 Å². The Labute approximate surface area is 110 Å². The summed E-state index contributed by atoms with van der Waals surface area (Å²) in [7, 11) is 2.18. The fourth-order valence-corrected chi connectivity index (χ4v) is 2.92. The molecule has 1 aromatic rings. The predicted octanol–water partition coefficient (Wildman–Crippen LogP) is 1.11. The highest BCUT2D eigenvalue weighted by Crippen LogP contribution is 2.26. The van der Waals surface area contributed by atoms with Gasteiger partial charge < -0.3 is 10.6 Å². The summed E-state index contributed by atoms with van der Waals surface area (Å²) >= 11 is 0. The maximum absolute atomic E-state index is 6.22. The monoisotopic (exact) mass is 248 g/mol. The van der Waals surface area contributed by atoms with Crippen LogP contribution in [-0.2, 0) is 0 Å². The van der Waals surface area contributed by atoms with E-state index in [-0.39, 0.29) is 12.1 Å². The Hall–Kier alpha value is -0.970. The molecular formula is C14H24N4. The van der Waals surface area contributed by atoms with Crippen LogP contribution in [0.1, 0.15) is 25.5 Å². The fourth-order valence-electron chi connectivity index (χ4n) is 2.92. The summed E-state index contributed by atoms with van der Waals surface area (Å²) in [5.74, 6) is 0. The van der Waals surface area contributed by atoms with Crippen LogP contribution in [0.3, 0.4) is 0 Å². The van der Waals surface area contributed by atoms with E-state index in [2.05, 4.69) is 47.8 Å². The zero-order valence-corrected chi connectivity index (χ0v) is 11.6. The zero-order chi connectivity index (χ0) is 13.1. The van der Waals surface area contributed by atoms with E-state index in [0.717, 1.165) is 19.6 Å². The lowest BCUT2D eigenvalue weighted by atomic mass is 9.97. The van der Waals surface area contributed by atoms with Crippen molar-refractivity contribution >= 4 is 0 Å². The molecule has 2 rings (SSSR count). The first-order valence-corrected chi connectivity index (χ1v) is 6.69. The lowest BCUT2D eigenvalue weighted by Gasteiger charge is -2.44. The molecule has 1 aromatic heterocycles. The summed E-state index contributed by atoms with van der Waals surface area (Å²) in [6.45, 7) is 7.67. The molecule has 1 fully saturated rings. The second-order valence-corrected chi connectivity index (χ2v) is 5.43. The van der Waals surface area contributed by atoms with Crippen molar-refractivity contribution in [1.82, 2.24) is 14.8 Å². The van der Waals surface area contributed by atoms with Gasteiger partial charge in [0.15, 0.2) is 0 Å². The van der Waals surface area contributed by atoms with Crippen molar-refractivity contribution in [2.45, 2.75) is 32.0 Å². The van der Waals surface area contributed by atoms with Gasteiger partial charge in [-0.25, -0.2) is 0 Å². The number of nitrogens with zero attached hydrogens (tertiary/aromatic N) is 3. The van der Waals surface area contributed by atoms with Crippen LogP contribution in [-0.4, -0.2) is 53.5 Å². The number of piperazine rings is 1. The smallest absolute Gasteiger partial charge is 0.0501 e. The van der Waals surface area contributed by atoms with Gasteiger partial charge in [-0.1, -0.05) is 0 Å². The summed E-state index contributed by atoms with van der Waals surface area (Å²) in [4.78, 5) is 9.00. The maximum atomic E-state index is 6.22. The number of rotatable bonds is 3. The molecule has 0 aliphatic carbocycles. The average Bonchev–Trinajstić information content (AvgIpc) is 2.33. The van der Waals surface area contributed by atoms with Crippen molar-refractivity contribution in [2.75, 3.05) is 26.7 Å². The number of hydrogen-bond acceptors (Lipinski definition) is 4. The van der Waals surface area contributed by atoms with Crippen molar-refractivity contribution < 1.29 is 0 Å². The van der Waals surface area contributed by atoms with Gasteiger partial charge in [0, 0.05) is 44.1 Å². The van der Waals surface area contributed by atoms with Gasteiger partial charge in [-0.2, -0.15) is 0 Å². The third-order valence-corrected chi connectivity index (χ3v) is 3.78. The second kappa shape index (κ2) is 5.78. The molecule has 0 aromatic carbocycles. The molecule has 1 saturated heterocycles. The van der Waals surface area contributed by atoms with E-state index >= 15 is 0 Å². The van der Waals surface area contributed by atoms with Gasteiger partial charge in [-0.15, -0.1) is 0 Å². The molecule has 100 valence electrons. The number of nitrogens with two attached hydrogens (primary N) is 1. The van der Waals surface area contributed by atoms with E-state index in [1.54, 1.807) is 0 Å². The molecule has 1 aliphatic rings. The Bertz CT molecular complexity index is 365. The standard InChI is InChI=1S/C14H24N4/c1-11-10-17(3)8-9-18(11)14(12(2)15)13-4-6-16-7-5-13/h4-7,11-12,14H,8-10,15H2,1-3H3. The summed E-state index contributed by atoms with van der Waals surface area (Å²) in [6.07, 6.45) is 3.71. The predicted molar refractivity (Wildman–Crippen MR) is 74.3 cm³/mol. The summed E-state index contributed by atoms with van der Waals surface area (Å²) in [5.41, 5.74) is 7.50. The van der Waals surface area contributed by atoms with Gasteiger partial charge in [-0.3, -0.25) is 9.88 Å². The van der Waals surface area contributed by atoms with Crippen LogP contribution in [0.4, 0.5) is 0 Å². The minimum atomic E-state index is 0.123. The molecule has 0 amide bonds. The van der Waals surface area contributed by atoms with Crippen molar-refractivity contribution in [3.8, 4) is 0 Å². The Balaban J connectivity index is 2.21. The van der Waals surface area contributed by atoms with Gasteiger partial charge in [0.1, 0.15) is 0 Å². The molecule has 0 bridgehead atoms. The van der Waals surface area contributed by atoms with Crippen LogP contribution in [0.15, 0.2) is 24.5 Å². The molecule has 0 spiro atoms.